The summed E-state index contributed by atoms with van der Waals surface area (Å²) in [5.41, 5.74) is 0. The molecule has 6 nitrogen and oxygen atoms in total. The zero-order valence-electron chi connectivity index (χ0n) is 7.87. The highest BCUT2D eigenvalue weighted by molar-refractivity contribution is 5.88. The SMILES string of the molecule is CNCc1nnc(C(=O)N(C)C)o1. The van der Waals surface area contributed by atoms with Crippen LogP contribution in [-0.4, -0.2) is 42.1 Å². The van der Waals surface area contributed by atoms with Crippen LogP contribution in [0.3, 0.4) is 0 Å². The number of amides is 1. The van der Waals surface area contributed by atoms with Gasteiger partial charge in [0.15, 0.2) is 0 Å². The number of rotatable bonds is 3. The number of aromatic nitrogens is 2. The van der Waals surface area contributed by atoms with E-state index < -0.39 is 0 Å². The summed E-state index contributed by atoms with van der Waals surface area (Å²) in [7, 11) is 5.02. The lowest BCUT2D eigenvalue weighted by Gasteiger charge is -2.04. The van der Waals surface area contributed by atoms with Gasteiger partial charge in [-0.2, -0.15) is 0 Å². The molecule has 0 aliphatic rings. The third-order valence-corrected chi connectivity index (χ3v) is 1.38. The van der Waals surface area contributed by atoms with Crippen LogP contribution < -0.4 is 5.32 Å². The molecule has 1 aromatic rings. The largest absolute Gasteiger partial charge is 0.415 e. The molecule has 0 saturated heterocycles. The summed E-state index contributed by atoms with van der Waals surface area (Å²) in [4.78, 5) is 12.7. The van der Waals surface area contributed by atoms with Gasteiger partial charge < -0.3 is 14.6 Å². The molecule has 0 atom stereocenters. The Balaban J connectivity index is 2.73. The van der Waals surface area contributed by atoms with E-state index in [9.17, 15) is 4.79 Å². The van der Waals surface area contributed by atoms with Gasteiger partial charge in [-0.05, 0) is 7.05 Å². The van der Waals surface area contributed by atoms with E-state index >= 15 is 0 Å². The highest BCUT2D eigenvalue weighted by atomic mass is 16.4. The van der Waals surface area contributed by atoms with Crippen LogP contribution in [-0.2, 0) is 6.54 Å². The molecule has 0 radical (unpaired) electrons. The van der Waals surface area contributed by atoms with Gasteiger partial charge in [-0.25, -0.2) is 0 Å². The molecule has 0 aliphatic carbocycles. The summed E-state index contributed by atoms with van der Waals surface area (Å²) >= 11 is 0. The van der Waals surface area contributed by atoms with Crippen LogP contribution >= 0.6 is 0 Å². The van der Waals surface area contributed by atoms with Crippen molar-refractivity contribution < 1.29 is 9.21 Å². The lowest BCUT2D eigenvalue weighted by atomic mass is 10.5. The van der Waals surface area contributed by atoms with Crippen LogP contribution in [0.5, 0.6) is 0 Å². The third kappa shape index (κ3) is 2.25. The molecule has 72 valence electrons. The Morgan fingerprint density at radius 1 is 1.54 bits per heavy atom. The molecular formula is C7H12N4O2. The second-order valence-electron chi connectivity index (χ2n) is 2.73. The molecule has 1 aromatic heterocycles. The van der Waals surface area contributed by atoms with Gasteiger partial charge in [-0.3, -0.25) is 4.79 Å². The molecule has 0 saturated carbocycles. The molecule has 0 aromatic carbocycles. The molecule has 0 bridgehead atoms. The fourth-order valence-corrected chi connectivity index (χ4v) is 0.754. The normalized spacial score (nSPS) is 10.1. The topological polar surface area (TPSA) is 71.3 Å². The smallest absolute Gasteiger partial charge is 0.310 e. The number of hydrogen-bond acceptors (Lipinski definition) is 5. The van der Waals surface area contributed by atoms with Crippen LogP contribution in [0.1, 0.15) is 16.6 Å². The maximum atomic E-state index is 11.3. The van der Waals surface area contributed by atoms with Crippen LogP contribution in [0.15, 0.2) is 4.42 Å². The van der Waals surface area contributed by atoms with Crippen molar-refractivity contribution in [1.82, 2.24) is 20.4 Å². The first-order valence-corrected chi connectivity index (χ1v) is 3.83. The van der Waals surface area contributed by atoms with Gasteiger partial charge in [0.2, 0.25) is 5.89 Å². The fraction of sp³-hybridized carbons (Fsp3) is 0.571. The number of nitrogens with zero attached hydrogens (tertiary/aromatic N) is 3. The van der Waals surface area contributed by atoms with Crippen LogP contribution in [0.4, 0.5) is 0 Å². The van der Waals surface area contributed by atoms with Crippen LogP contribution in [0.25, 0.3) is 0 Å². The van der Waals surface area contributed by atoms with E-state index in [0.29, 0.717) is 12.4 Å². The summed E-state index contributed by atoms with van der Waals surface area (Å²) in [5, 5.41) is 10.1. The Labute approximate surface area is 75.9 Å². The molecule has 0 unspecified atom stereocenters. The van der Waals surface area contributed by atoms with Crippen molar-refractivity contribution in [3.8, 4) is 0 Å². The maximum absolute atomic E-state index is 11.3. The Morgan fingerprint density at radius 3 is 2.77 bits per heavy atom. The molecule has 6 heteroatoms. The minimum Gasteiger partial charge on any atom is -0.415 e. The molecule has 0 aliphatic heterocycles. The molecule has 0 fully saturated rings. The lowest BCUT2D eigenvalue weighted by Crippen LogP contribution is -2.21. The minimum absolute atomic E-state index is 0.0234. The van der Waals surface area contributed by atoms with E-state index in [1.165, 1.54) is 4.90 Å². The Bertz CT molecular complexity index is 294. The van der Waals surface area contributed by atoms with Gasteiger partial charge in [-0.15, -0.1) is 10.2 Å². The van der Waals surface area contributed by atoms with Gasteiger partial charge in [0.25, 0.3) is 0 Å². The summed E-state index contributed by atoms with van der Waals surface area (Å²) in [6.07, 6.45) is 0. The summed E-state index contributed by atoms with van der Waals surface area (Å²) in [5.74, 6) is 0.151. The average molecular weight is 184 g/mol. The van der Waals surface area contributed by atoms with Crippen molar-refractivity contribution in [2.24, 2.45) is 0 Å². The zero-order chi connectivity index (χ0) is 9.84. The first-order chi connectivity index (χ1) is 6.15. The van der Waals surface area contributed by atoms with Gasteiger partial charge in [0, 0.05) is 14.1 Å². The van der Waals surface area contributed by atoms with E-state index in [4.69, 9.17) is 4.42 Å². The molecule has 0 spiro atoms. The maximum Gasteiger partial charge on any atom is 0.310 e. The Morgan fingerprint density at radius 2 is 2.23 bits per heavy atom. The van der Waals surface area contributed by atoms with Crippen molar-refractivity contribution in [3.05, 3.63) is 11.8 Å². The van der Waals surface area contributed by atoms with E-state index in [2.05, 4.69) is 15.5 Å². The van der Waals surface area contributed by atoms with E-state index in [-0.39, 0.29) is 11.8 Å². The van der Waals surface area contributed by atoms with Crippen molar-refractivity contribution in [3.63, 3.8) is 0 Å². The second-order valence-corrected chi connectivity index (χ2v) is 2.73. The minimum atomic E-state index is -0.283. The van der Waals surface area contributed by atoms with Crippen molar-refractivity contribution in [1.29, 1.82) is 0 Å². The van der Waals surface area contributed by atoms with Crippen molar-refractivity contribution in [2.75, 3.05) is 21.1 Å². The molecule has 13 heavy (non-hydrogen) atoms. The molecule has 1 rings (SSSR count). The quantitative estimate of drug-likeness (QED) is 0.685. The van der Waals surface area contributed by atoms with E-state index in [0.717, 1.165) is 0 Å². The fourth-order valence-electron chi connectivity index (χ4n) is 0.754. The Kier molecular flexibility index (Phi) is 2.97. The van der Waals surface area contributed by atoms with Gasteiger partial charge in [0.05, 0.1) is 6.54 Å². The monoisotopic (exact) mass is 184 g/mol. The van der Waals surface area contributed by atoms with E-state index in [1.54, 1.807) is 21.1 Å². The molecule has 1 N–H and O–H groups in total. The summed E-state index contributed by atoms with van der Waals surface area (Å²) in [6, 6.07) is 0. The lowest BCUT2D eigenvalue weighted by molar-refractivity contribution is 0.0787. The van der Waals surface area contributed by atoms with Gasteiger partial charge in [0.1, 0.15) is 0 Å². The summed E-state index contributed by atoms with van der Waals surface area (Å²) < 4.78 is 5.07. The first-order valence-electron chi connectivity index (χ1n) is 3.83. The first kappa shape index (κ1) is 9.66. The van der Waals surface area contributed by atoms with Crippen LogP contribution in [0.2, 0.25) is 0 Å². The van der Waals surface area contributed by atoms with E-state index in [1.807, 2.05) is 0 Å². The second kappa shape index (κ2) is 3.99. The highest BCUT2D eigenvalue weighted by Crippen LogP contribution is 2.01. The van der Waals surface area contributed by atoms with Crippen molar-refractivity contribution in [2.45, 2.75) is 6.54 Å². The van der Waals surface area contributed by atoms with Gasteiger partial charge in [-0.1, -0.05) is 0 Å². The van der Waals surface area contributed by atoms with Crippen molar-refractivity contribution >= 4 is 5.91 Å². The van der Waals surface area contributed by atoms with Gasteiger partial charge >= 0.3 is 11.8 Å². The zero-order valence-corrected chi connectivity index (χ0v) is 7.87. The standard InChI is InChI=1S/C7H12N4O2/c1-8-4-5-9-10-6(13-5)7(12)11(2)3/h8H,4H2,1-3H3. The van der Waals surface area contributed by atoms with Crippen LogP contribution in [0, 0.1) is 0 Å². The summed E-state index contributed by atoms with van der Waals surface area (Å²) in [6.45, 7) is 0.466. The number of hydrogen-bond donors (Lipinski definition) is 1. The highest BCUT2D eigenvalue weighted by Gasteiger charge is 2.15. The Hall–Kier alpha value is -1.43. The average Bonchev–Trinajstić information content (AvgIpc) is 2.52. The predicted octanol–water partition coefficient (Wildman–Crippen LogP) is -0.509. The number of carbonyl (C=O) groups excluding carboxylic acids is 1. The predicted molar refractivity (Wildman–Crippen MR) is 45.1 cm³/mol. The third-order valence-electron chi connectivity index (χ3n) is 1.38. The molecule has 1 amide bonds. The number of nitrogens with one attached hydrogen (secondary N) is 1. The molecule has 1 heterocycles. The molecular weight excluding hydrogens is 172 g/mol. The number of carbonyl (C=O) groups is 1.